The highest BCUT2D eigenvalue weighted by Crippen LogP contribution is 2.14. The summed E-state index contributed by atoms with van der Waals surface area (Å²) in [6.07, 6.45) is 3.24. The van der Waals surface area contributed by atoms with Crippen LogP contribution in [0.2, 0.25) is 0 Å². The second kappa shape index (κ2) is 13.7. The van der Waals surface area contributed by atoms with E-state index in [9.17, 15) is 0 Å². The van der Waals surface area contributed by atoms with Gasteiger partial charge in [-0.3, -0.25) is 4.99 Å². The lowest BCUT2D eigenvalue weighted by molar-refractivity contribution is 0.0203. The summed E-state index contributed by atoms with van der Waals surface area (Å²) in [5, 5.41) is 3.41. The number of aliphatic imine (C=N–C) groups is 1. The van der Waals surface area contributed by atoms with Crippen LogP contribution in [0.5, 0.6) is 0 Å². The summed E-state index contributed by atoms with van der Waals surface area (Å²) in [6, 6.07) is 8.38. The molecule has 1 aliphatic rings. The van der Waals surface area contributed by atoms with Gasteiger partial charge in [0.2, 0.25) is 0 Å². The molecule has 1 aromatic carbocycles. The number of nitrogens with one attached hydrogen (secondary N) is 1. The van der Waals surface area contributed by atoms with Crippen LogP contribution < -0.4 is 5.32 Å². The van der Waals surface area contributed by atoms with Crippen molar-refractivity contribution in [2.45, 2.75) is 25.8 Å². The average Bonchev–Trinajstić information content (AvgIpc) is 2.64. The molecule has 2 rings (SSSR count). The lowest BCUT2D eigenvalue weighted by atomic mass is 10.0. The summed E-state index contributed by atoms with van der Waals surface area (Å²) >= 11 is 3.47. The van der Waals surface area contributed by atoms with E-state index in [0.717, 1.165) is 69.2 Å². The first-order valence-electron chi connectivity index (χ1n) is 9.00. The zero-order valence-electron chi connectivity index (χ0n) is 15.7. The van der Waals surface area contributed by atoms with Gasteiger partial charge < -0.3 is 19.7 Å². The van der Waals surface area contributed by atoms with E-state index < -0.39 is 0 Å². The molecule has 0 radical (unpaired) electrons. The van der Waals surface area contributed by atoms with Crippen LogP contribution in [0.15, 0.2) is 33.7 Å². The smallest absolute Gasteiger partial charge is 0.193 e. The number of hydrogen-bond acceptors (Lipinski definition) is 3. The normalized spacial score (nSPS) is 15.4. The summed E-state index contributed by atoms with van der Waals surface area (Å²) in [4.78, 5) is 6.49. The molecule has 0 bridgehead atoms. The Morgan fingerprint density at radius 3 is 2.65 bits per heavy atom. The van der Waals surface area contributed by atoms with E-state index in [4.69, 9.17) is 9.47 Å². The van der Waals surface area contributed by atoms with E-state index in [2.05, 4.69) is 62.5 Å². The van der Waals surface area contributed by atoms with Gasteiger partial charge in [-0.25, -0.2) is 0 Å². The third-order valence-electron chi connectivity index (χ3n) is 4.35. The third kappa shape index (κ3) is 9.01. The Morgan fingerprint density at radius 2 is 2.00 bits per heavy atom. The molecule has 148 valence electrons. The third-order valence-corrected chi connectivity index (χ3v) is 4.88. The Bertz CT molecular complexity index is 522. The largest absolute Gasteiger partial charge is 0.381 e. The van der Waals surface area contributed by atoms with Crippen molar-refractivity contribution in [3.63, 3.8) is 0 Å². The van der Waals surface area contributed by atoms with Crippen molar-refractivity contribution in [1.29, 1.82) is 0 Å². The Kier molecular flexibility index (Phi) is 12.5. The number of hydrogen-bond donors (Lipinski definition) is 1. The fraction of sp³-hybridized carbons (Fsp3) is 0.632. The van der Waals surface area contributed by atoms with Crippen LogP contribution in [0.3, 0.4) is 0 Å². The van der Waals surface area contributed by atoms with Crippen molar-refractivity contribution in [3.8, 4) is 0 Å². The maximum Gasteiger partial charge on any atom is 0.193 e. The monoisotopic (exact) mass is 539 g/mol. The van der Waals surface area contributed by atoms with Crippen LogP contribution in [0, 0.1) is 5.92 Å². The second-order valence-electron chi connectivity index (χ2n) is 6.44. The van der Waals surface area contributed by atoms with Gasteiger partial charge in [-0.15, -0.1) is 24.0 Å². The minimum Gasteiger partial charge on any atom is -0.381 e. The van der Waals surface area contributed by atoms with Gasteiger partial charge in [0.1, 0.15) is 0 Å². The number of guanidine groups is 1. The first-order chi connectivity index (χ1) is 12.2. The SMILES string of the molecule is CN=C(NCCCOCC1CCOCC1)N(C)Cc1ccc(Br)cc1.I. The lowest BCUT2D eigenvalue weighted by Gasteiger charge is -2.23. The van der Waals surface area contributed by atoms with Crippen molar-refractivity contribution in [3.05, 3.63) is 34.3 Å². The van der Waals surface area contributed by atoms with E-state index >= 15 is 0 Å². The highest BCUT2D eigenvalue weighted by Gasteiger charge is 2.13. The van der Waals surface area contributed by atoms with E-state index in [0.29, 0.717) is 5.92 Å². The number of nitrogens with zero attached hydrogens (tertiary/aromatic N) is 2. The molecule has 1 heterocycles. The van der Waals surface area contributed by atoms with Crippen LogP contribution in [-0.4, -0.2) is 57.9 Å². The summed E-state index contributed by atoms with van der Waals surface area (Å²) in [5.41, 5.74) is 1.26. The summed E-state index contributed by atoms with van der Waals surface area (Å²) in [6.45, 7) is 5.12. The molecular formula is C19H31BrIN3O2. The molecule has 26 heavy (non-hydrogen) atoms. The van der Waals surface area contributed by atoms with Crippen LogP contribution in [0.4, 0.5) is 0 Å². The van der Waals surface area contributed by atoms with Gasteiger partial charge in [0.15, 0.2) is 5.96 Å². The molecule has 1 aliphatic heterocycles. The highest BCUT2D eigenvalue weighted by atomic mass is 127. The second-order valence-corrected chi connectivity index (χ2v) is 7.36. The van der Waals surface area contributed by atoms with Crippen molar-refractivity contribution >= 4 is 45.9 Å². The van der Waals surface area contributed by atoms with Crippen LogP contribution >= 0.6 is 39.9 Å². The van der Waals surface area contributed by atoms with E-state index in [1.807, 2.05) is 7.05 Å². The van der Waals surface area contributed by atoms with Crippen LogP contribution in [-0.2, 0) is 16.0 Å². The molecule has 7 heteroatoms. The van der Waals surface area contributed by atoms with E-state index in [-0.39, 0.29) is 24.0 Å². The molecule has 5 nitrogen and oxygen atoms in total. The first kappa shape index (κ1) is 23.7. The fourth-order valence-electron chi connectivity index (χ4n) is 2.86. The van der Waals surface area contributed by atoms with Crippen molar-refractivity contribution < 1.29 is 9.47 Å². The lowest BCUT2D eigenvalue weighted by Crippen LogP contribution is -2.39. The Labute approximate surface area is 183 Å². The standard InChI is InChI=1S/C19H30BrN3O2.HI/c1-21-19(23(2)14-16-4-6-18(20)7-5-16)22-10-3-11-25-15-17-8-12-24-13-9-17;/h4-7,17H,3,8-15H2,1-2H3,(H,21,22);1H. The van der Waals surface area contributed by atoms with Gasteiger partial charge in [-0.2, -0.15) is 0 Å². The van der Waals surface area contributed by atoms with Crippen molar-refractivity contribution in [1.82, 2.24) is 10.2 Å². The number of rotatable bonds is 8. The molecule has 0 aliphatic carbocycles. The summed E-state index contributed by atoms with van der Waals surface area (Å²) in [5.74, 6) is 1.58. The van der Waals surface area contributed by atoms with E-state index in [1.165, 1.54) is 5.56 Å². The Balaban J connectivity index is 0.00000338. The maximum atomic E-state index is 5.80. The molecule has 1 fully saturated rings. The highest BCUT2D eigenvalue weighted by molar-refractivity contribution is 14.0. The minimum atomic E-state index is 0. The topological polar surface area (TPSA) is 46.1 Å². The molecule has 1 aromatic rings. The van der Waals surface area contributed by atoms with Crippen molar-refractivity contribution in [2.75, 3.05) is 47.1 Å². The minimum absolute atomic E-state index is 0. The predicted octanol–water partition coefficient (Wildman–Crippen LogP) is 3.91. The fourth-order valence-corrected chi connectivity index (χ4v) is 3.13. The molecule has 0 aromatic heterocycles. The van der Waals surface area contributed by atoms with Gasteiger partial charge in [0.05, 0.1) is 0 Å². The molecular weight excluding hydrogens is 509 g/mol. The zero-order chi connectivity index (χ0) is 17.9. The predicted molar refractivity (Wildman–Crippen MR) is 121 cm³/mol. The van der Waals surface area contributed by atoms with Crippen molar-refractivity contribution in [2.24, 2.45) is 10.9 Å². The first-order valence-corrected chi connectivity index (χ1v) is 9.80. The van der Waals surface area contributed by atoms with Gasteiger partial charge >= 0.3 is 0 Å². The maximum absolute atomic E-state index is 5.80. The zero-order valence-corrected chi connectivity index (χ0v) is 19.7. The van der Waals surface area contributed by atoms with Gasteiger partial charge in [-0.05, 0) is 42.9 Å². The van der Waals surface area contributed by atoms with Gasteiger partial charge in [0, 0.05) is 58.1 Å². The van der Waals surface area contributed by atoms with Gasteiger partial charge in [0.25, 0.3) is 0 Å². The van der Waals surface area contributed by atoms with Crippen LogP contribution in [0.1, 0.15) is 24.8 Å². The molecule has 0 spiro atoms. The Morgan fingerprint density at radius 1 is 1.31 bits per heavy atom. The molecule has 0 unspecified atom stereocenters. The van der Waals surface area contributed by atoms with Gasteiger partial charge in [-0.1, -0.05) is 28.1 Å². The average molecular weight is 540 g/mol. The molecule has 1 saturated heterocycles. The molecule has 0 atom stereocenters. The summed E-state index contributed by atoms with van der Waals surface area (Å²) < 4.78 is 12.3. The quantitative estimate of drug-likeness (QED) is 0.235. The van der Waals surface area contributed by atoms with Crippen LogP contribution in [0.25, 0.3) is 0 Å². The molecule has 0 saturated carbocycles. The number of halogens is 2. The molecule has 0 amide bonds. The summed E-state index contributed by atoms with van der Waals surface area (Å²) in [7, 11) is 3.88. The Hall–Kier alpha value is -0.380. The number of ether oxygens (including phenoxy) is 2. The van der Waals surface area contributed by atoms with E-state index in [1.54, 1.807) is 0 Å². The molecule has 1 N–H and O–H groups in total. The number of benzene rings is 1.